The molecule has 1 rings (SSSR count). The summed E-state index contributed by atoms with van der Waals surface area (Å²) >= 11 is 0. The van der Waals surface area contributed by atoms with E-state index in [1.54, 1.807) is 0 Å². The summed E-state index contributed by atoms with van der Waals surface area (Å²) in [6.07, 6.45) is -3.04. The van der Waals surface area contributed by atoms with Gasteiger partial charge in [-0.2, -0.15) is 13.2 Å². The normalized spacial score (nSPS) is 27.5. The molecule has 0 aromatic carbocycles. The van der Waals surface area contributed by atoms with Gasteiger partial charge in [-0.05, 0) is 39.8 Å². The lowest BCUT2D eigenvalue weighted by molar-refractivity contribution is -0.182. The highest BCUT2D eigenvalue weighted by atomic mass is 19.4. The Kier molecular flexibility index (Phi) is 5.88. The van der Waals surface area contributed by atoms with Gasteiger partial charge >= 0.3 is 6.18 Å². The van der Waals surface area contributed by atoms with Crippen LogP contribution in [0.4, 0.5) is 13.2 Å². The second-order valence-corrected chi connectivity index (χ2v) is 5.41. The molecule has 0 bridgehead atoms. The maximum absolute atomic E-state index is 12.5. The first kappa shape index (κ1) is 15.7. The Morgan fingerprint density at radius 3 is 2.22 bits per heavy atom. The number of likely N-dealkylation sites (N-methyl/N-ethyl adjacent to an activating group) is 1. The summed E-state index contributed by atoms with van der Waals surface area (Å²) in [5, 5.41) is 12.8. The first-order chi connectivity index (χ1) is 8.29. The highest BCUT2D eigenvalue weighted by Crippen LogP contribution is 2.37. The third kappa shape index (κ3) is 5.54. The minimum absolute atomic E-state index is 0.111. The van der Waals surface area contributed by atoms with Gasteiger partial charge in [0.1, 0.15) is 0 Å². The maximum atomic E-state index is 12.5. The lowest BCUT2D eigenvalue weighted by atomic mass is 9.85. The highest BCUT2D eigenvalue weighted by molar-refractivity contribution is 4.81. The number of aliphatic hydroxyl groups excluding tert-OH is 1. The Balaban J connectivity index is 2.20. The van der Waals surface area contributed by atoms with Crippen molar-refractivity contribution < 1.29 is 18.3 Å². The summed E-state index contributed by atoms with van der Waals surface area (Å²) in [7, 11) is 3.75. The van der Waals surface area contributed by atoms with Crippen molar-refractivity contribution in [2.45, 2.75) is 44.0 Å². The van der Waals surface area contributed by atoms with E-state index in [9.17, 15) is 18.3 Å². The van der Waals surface area contributed by atoms with Crippen LogP contribution in [0.3, 0.4) is 0 Å². The lowest BCUT2D eigenvalue weighted by Gasteiger charge is -2.31. The van der Waals surface area contributed by atoms with Crippen LogP contribution in [0, 0.1) is 5.92 Å². The predicted octanol–water partition coefficient (Wildman–Crippen LogP) is 1.62. The molecule has 1 saturated carbocycles. The summed E-state index contributed by atoms with van der Waals surface area (Å²) in [5.74, 6) is -1.14. The van der Waals surface area contributed by atoms with Gasteiger partial charge in [-0.25, -0.2) is 0 Å². The summed E-state index contributed by atoms with van der Waals surface area (Å²) < 4.78 is 37.4. The van der Waals surface area contributed by atoms with Gasteiger partial charge < -0.3 is 15.3 Å². The fourth-order valence-electron chi connectivity index (χ4n) is 2.41. The van der Waals surface area contributed by atoms with E-state index in [-0.39, 0.29) is 18.9 Å². The number of nitrogens with one attached hydrogen (secondary N) is 1. The molecule has 0 aliphatic heterocycles. The quantitative estimate of drug-likeness (QED) is 0.795. The topological polar surface area (TPSA) is 35.5 Å². The summed E-state index contributed by atoms with van der Waals surface area (Å²) in [4.78, 5) is 1.88. The van der Waals surface area contributed by atoms with E-state index in [1.165, 1.54) is 0 Å². The van der Waals surface area contributed by atoms with Gasteiger partial charge in [0.25, 0.3) is 0 Å². The zero-order valence-electron chi connectivity index (χ0n) is 11.0. The van der Waals surface area contributed by atoms with Gasteiger partial charge in [0.05, 0.1) is 12.0 Å². The Hall–Kier alpha value is -0.330. The van der Waals surface area contributed by atoms with Crippen LogP contribution in [0.15, 0.2) is 0 Å². The second kappa shape index (κ2) is 6.73. The summed E-state index contributed by atoms with van der Waals surface area (Å²) in [6.45, 7) is 1.00. The Morgan fingerprint density at radius 1 is 1.22 bits per heavy atom. The average Bonchev–Trinajstić information content (AvgIpc) is 2.25. The molecule has 0 spiro atoms. The van der Waals surface area contributed by atoms with Crippen molar-refractivity contribution in [2.24, 2.45) is 5.92 Å². The van der Waals surface area contributed by atoms with Crippen molar-refractivity contribution in [1.82, 2.24) is 10.2 Å². The number of aliphatic hydroxyl groups is 1. The molecule has 0 heterocycles. The van der Waals surface area contributed by atoms with E-state index in [0.29, 0.717) is 25.9 Å². The SMILES string of the molecule is CN(C)C[C@@H](O)CNC1CCC(C(F)(F)F)CC1. The molecule has 1 atom stereocenters. The van der Waals surface area contributed by atoms with Gasteiger partial charge in [0, 0.05) is 19.1 Å². The molecule has 0 aromatic rings. The van der Waals surface area contributed by atoms with Gasteiger partial charge in [-0.1, -0.05) is 0 Å². The number of nitrogens with zero attached hydrogens (tertiary/aromatic N) is 1. The molecule has 1 aliphatic rings. The zero-order valence-corrected chi connectivity index (χ0v) is 11.0. The fourth-order valence-corrected chi connectivity index (χ4v) is 2.41. The monoisotopic (exact) mass is 268 g/mol. The Morgan fingerprint density at radius 2 is 1.78 bits per heavy atom. The van der Waals surface area contributed by atoms with E-state index in [4.69, 9.17) is 0 Å². The summed E-state index contributed by atoms with van der Waals surface area (Å²) in [5.41, 5.74) is 0. The molecule has 0 unspecified atom stereocenters. The van der Waals surface area contributed by atoms with Crippen molar-refractivity contribution in [3.8, 4) is 0 Å². The smallest absolute Gasteiger partial charge is 0.390 e. The standard InChI is InChI=1S/C12H23F3N2O/c1-17(2)8-11(18)7-16-10-5-3-9(4-6-10)12(13,14)15/h9-11,16,18H,3-8H2,1-2H3/t9?,10?,11-/m0/s1. The maximum Gasteiger partial charge on any atom is 0.391 e. The Bertz CT molecular complexity index is 238. The van der Waals surface area contributed by atoms with Crippen LogP contribution in [-0.2, 0) is 0 Å². The van der Waals surface area contributed by atoms with Crippen molar-refractivity contribution >= 4 is 0 Å². The average molecular weight is 268 g/mol. The largest absolute Gasteiger partial charge is 0.391 e. The molecule has 0 radical (unpaired) electrons. The number of halogens is 3. The third-order valence-corrected chi connectivity index (χ3v) is 3.41. The molecule has 0 aromatic heterocycles. The molecule has 108 valence electrons. The van der Waals surface area contributed by atoms with E-state index in [1.807, 2.05) is 19.0 Å². The molecular weight excluding hydrogens is 245 g/mol. The first-order valence-electron chi connectivity index (χ1n) is 6.42. The van der Waals surface area contributed by atoms with E-state index in [0.717, 1.165) is 0 Å². The fraction of sp³-hybridized carbons (Fsp3) is 1.00. The van der Waals surface area contributed by atoms with Crippen LogP contribution in [0.2, 0.25) is 0 Å². The van der Waals surface area contributed by atoms with Crippen molar-refractivity contribution in [1.29, 1.82) is 0 Å². The minimum atomic E-state index is -4.05. The molecule has 1 aliphatic carbocycles. The number of hydrogen-bond donors (Lipinski definition) is 2. The van der Waals surface area contributed by atoms with Gasteiger partial charge in [0.2, 0.25) is 0 Å². The van der Waals surface area contributed by atoms with E-state index in [2.05, 4.69) is 5.32 Å². The van der Waals surface area contributed by atoms with Crippen LogP contribution in [0.1, 0.15) is 25.7 Å². The predicted molar refractivity (Wildman–Crippen MR) is 64.4 cm³/mol. The van der Waals surface area contributed by atoms with Gasteiger partial charge in [-0.15, -0.1) is 0 Å². The number of rotatable bonds is 5. The van der Waals surface area contributed by atoms with E-state index < -0.39 is 18.2 Å². The van der Waals surface area contributed by atoms with Gasteiger partial charge in [-0.3, -0.25) is 0 Å². The van der Waals surface area contributed by atoms with Crippen LogP contribution < -0.4 is 5.32 Å². The molecule has 0 amide bonds. The number of alkyl halides is 3. The highest BCUT2D eigenvalue weighted by Gasteiger charge is 2.41. The molecule has 6 heteroatoms. The molecule has 2 N–H and O–H groups in total. The van der Waals surface area contributed by atoms with Crippen LogP contribution in [0.5, 0.6) is 0 Å². The van der Waals surface area contributed by atoms with Gasteiger partial charge in [0.15, 0.2) is 0 Å². The molecule has 1 fully saturated rings. The number of hydrogen-bond acceptors (Lipinski definition) is 3. The van der Waals surface area contributed by atoms with Crippen molar-refractivity contribution in [3.05, 3.63) is 0 Å². The Labute approximate surface area is 106 Å². The van der Waals surface area contributed by atoms with Crippen LogP contribution >= 0.6 is 0 Å². The summed E-state index contributed by atoms with van der Waals surface area (Å²) in [6, 6.07) is 0.111. The zero-order chi connectivity index (χ0) is 13.8. The lowest BCUT2D eigenvalue weighted by Crippen LogP contribution is -2.42. The third-order valence-electron chi connectivity index (χ3n) is 3.41. The van der Waals surface area contributed by atoms with Crippen molar-refractivity contribution in [2.75, 3.05) is 27.2 Å². The van der Waals surface area contributed by atoms with Crippen LogP contribution in [-0.4, -0.2) is 55.5 Å². The second-order valence-electron chi connectivity index (χ2n) is 5.41. The van der Waals surface area contributed by atoms with Crippen LogP contribution in [0.25, 0.3) is 0 Å². The molecule has 0 saturated heterocycles. The minimum Gasteiger partial charge on any atom is -0.390 e. The molecule has 18 heavy (non-hydrogen) atoms. The molecular formula is C12H23F3N2O. The van der Waals surface area contributed by atoms with E-state index >= 15 is 0 Å². The van der Waals surface area contributed by atoms with Crippen molar-refractivity contribution in [3.63, 3.8) is 0 Å². The molecule has 3 nitrogen and oxygen atoms in total. The first-order valence-corrected chi connectivity index (χ1v) is 6.42.